The van der Waals surface area contributed by atoms with Crippen molar-refractivity contribution in [1.29, 1.82) is 0 Å². The molecule has 1 aromatic heterocycles. The van der Waals surface area contributed by atoms with Crippen molar-refractivity contribution >= 4 is 16.6 Å². The largest absolute Gasteiger partial charge is 0.496 e. The molecule has 0 atom stereocenters. The predicted molar refractivity (Wildman–Crippen MR) is 91.3 cm³/mol. The van der Waals surface area contributed by atoms with Crippen LogP contribution in [-0.4, -0.2) is 32.1 Å². The summed E-state index contributed by atoms with van der Waals surface area (Å²) in [7, 11) is 4.67. The van der Waals surface area contributed by atoms with Crippen LogP contribution in [0.2, 0.25) is 0 Å². The Morgan fingerprint density at radius 3 is 2.25 bits per heavy atom. The lowest BCUT2D eigenvalue weighted by molar-refractivity contribution is 0.103. The summed E-state index contributed by atoms with van der Waals surface area (Å²) in [6.45, 7) is 0. The fourth-order valence-corrected chi connectivity index (χ4v) is 2.64. The number of hydrogen-bond donors (Lipinski definition) is 0. The van der Waals surface area contributed by atoms with Crippen molar-refractivity contribution in [1.82, 2.24) is 4.98 Å². The minimum atomic E-state index is -0.203. The van der Waals surface area contributed by atoms with E-state index < -0.39 is 0 Å². The van der Waals surface area contributed by atoms with Crippen LogP contribution >= 0.6 is 0 Å². The maximum atomic E-state index is 13.0. The van der Waals surface area contributed by atoms with Crippen molar-refractivity contribution in [3.63, 3.8) is 0 Å². The predicted octanol–water partition coefficient (Wildman–Crippen LogP) is 3.49. The molecule has 122 valence electrons. The van der Waals surface area contributed by atoms with E-state index in [9.17, 15) is 4.79 Å². The molecule has 3 rings (SSSR count). The van der Waals surface area contributed by atoms with E-state index in [1.165, 1.54) is 7.11 Å². The van der Waals surface area contributed by atoms with Crippen LogP contribution in [0.1, 0.15) is 16.1 Å². The molecule has 5 nitrogen and oxygen atoms in total. The maximum absolute atomic E-state index is 13.0. The summed E-state index contributed by atoms with van der Waals surface area (Å²) >= 11 is 0. The van der Waals surface area contributed by atoms with Crippen molar-refractivity contribution in [2.45, 2.75) is 0 Å². The quantitative estimate of drug-likeness (QED) is 0.673. The zero-order chi connectivity index (χ0) is 17.1. The van der Waals surface area contributed by atoms with Crippen molar-refractivity contribution in [2.24, 2.45) is 0 Å². The molecule has 0 fully saturated rings. The highest BCUT2D eigenvalue weighted by atomic mass is 16.5. The molecule has 1 heterocycles. The van der Waals surface area contributed by atoms with Crippen LogP contribution in [-0.2, 0) is 0 Å². The molecule has 24 heavy (non-hydrogen) atoms. The van der Waals surface area contributed by atoms with Crippen molar-refractivity contribution in [3.05, 3.63) is 59.9 Å². The number of rotatable bonds is 5. The third kappa shape index (κ3) is 2.65. The van der Waals surface area contributed by atoms with Crippen LogP contribution in [0.5, 0.6) is 17.2 Å². The normalized spacial score (nSPS) is 10.5. The van der Waals surface area contributed by atoms with Gasteiger partial charge in [-0.25, -0.2) is 0 Å². The van der Waals surface area contributed by atoms with Crippen LogP contribution in [0.15, 0.2) is 48.7 Å². The Morgan fingerprint density at radius 1 is 0.875 bits per heavy atom. The van der Waals surface area contributed by atoms with E-state index in [-0.39, 0.29) is 5.78 Å². The van der Waals surface area contributed by atoms with Crippen molar-refractivity contribution < 1.29 is 19.0 Å². The van der Waals surface area contributed by atoms with Gasteiger partial charge >= 0.3 is 0 Å². The van der Waals surface area contributed by atoms with Crippen LogP contribution in [0, 0.1) is 0 Å². The van der Waals surface area contributed by atoms with Crippen molar-refractivity contribution in [2.75, 3.05) is 21.3 Å². The molecular weight excluding hydrogens is 306 g/mol. The highest BCUT2D eigenvalue weighted by molar-refractivity contribution is 6.16. The molecule has 0 N–H and O–H groups in total. The van der Waals surface area contributed by atoms with Gasteiger partial charge in [0.25, 0.3) is 0 Å². The Labute approximate surface area is 139 Å². The summed E-state index contributed by atoms with van der Waals surface area (Å²) < 4.78 is 15.9. The summed E-state index contributed by atoms with van der Waals surface area (Å²) in [6, 6.07) is 12.5. The van der Waals surface area contributed by atoms with Gasteiger partial charge in [-0.05, 0) is 35.7 Å². The molecular formula is C19H17NO4. The van der Waals surface area contributed by atoms with E-state index in [4.69, 9.17) is 14.2 Å². The van der Waals surface area contributed by atoms with Gasteiger partial charge in [0.1, 0.15) is 11.4 Å². The third-order valence-electron chi connectivity index (χ3n) is 3.84. The van der Waals surface area contributed by atoms with Gasteiger partial charge in [-0.3, -0.25) is 9.78 Å². The second-order valence-electron chi connectivity index (χ2n) is 5.12. The lowest BCUT2D eigenvalue weighted by atomic mass is 10.0. The molecule has 0 aliphatic carbocycles. The number of fused-ring (bicyclic) bond motifs is 1. The van der Waals surface area contributed by atoms with Crippen LogP contribution < -0.4 is 14.2 Å². The minimum absolute atomic E-state index is 0.203. The second-order valence-corrected chi connectivity index (χ2v) is 5.12. The minimum Gasteiger partial charge on any atom is -0.496 e. The lowest BCUT2D eigenvalue weighted by Crippen LogP contribution is -2.07. The number of nitrogens with zero attached hydrogens (tertiary/aromatic N) is 1. The Balaban J connectivity index is 2.20. The fraction of sp³-hybridized carbons (Fsp3) is 0.158. The van der Waals surface area contributed by atoms with Gasteiger partial charge in [0, 0.05) is 11.6 Å². The topological polar surface area (TPSA) is 57.7 Å². The molecule has 0 aliphatic rings. The van der Waals surface area contributed by atoms with Gasteiger partial charge in [-0.15, -0.1) is 0 Å². The zero-order valence-electron chi connectivity index (χ0n) is 13.7. The molecule has 0 bridgehead atoms. The number of aromatic nitrogens is 1. The summed E-state index contributed by atoms with van der Waals surface area (Å²) in [4.78, 5) is 17.3. The number of benzene rings is 2. The van der Waals surface area contributed by atoms with Gasteiger partial charge in [-0.2, -0.15) is 0 Å². The molecule has 0 unspecified atom stereocenters. The number of ketones is 1. The van der Waals surface area contributed by atoms with Crippen LogP contribution in [0.4, 0.5) is 0 Å². The van der Waals surface area contributed by atoms with Gasteiger partial charge < -0.3 is 14.2 Å². The Kier molecular flexibility index (Phi) is 4.33. The number of methoxy groups -OCH3 is 3. The molecule has 3 aromatic rings. The van der Waals surface area contributed by atoms with E-state index in [0.29, 0.717) is 33.9 Å². The number of ether oxygens (including phenoxy) is 3. The Hall–Kier alpha value is -3.08. The van der Waals surface area contributed by atoms with Crippen molar-refractivity contribution in [3.8, 4) is 17.2 Å². The van der Waals surface area contributed by atoms with E-state index in [1.54, 1.807) is 44.7 Å². The van der Waals surface area contributed by atoms with Gasteiger partial charge in [0.05, 0.1) is 26.9 Å². The molecule has 0 spiro atoms. The first-order valence-electron chi connectivity index (χ1n) is 7.38. The first-order valence-corrected chi connectivity index (χ1v) is 7.38. The first-order chi connectivity index (χ1) is 11.7. The highest BCUT2D eigenvalue weighted by Gasteiger charge is 2.19. The number of hydrogen-bond acceptors (Lipinski definition) is 5. The van der Waals surface area contributed by atoms with Gasteiger partial charge in [0.15, 0.2) is 11.5 Å². The number of pyridine rings is 1. The lowest BCUT2D eigenvalue weighted by Gasteiger charge is -2.12. The number of carbonyl (C=O) groups is 1. The highest BCUT2D eigenvalue weighted by Crippen LogP contribution is 2.34. The molecule has 0 radical (unpaired) electrons. The summed E-state index contributed by atoms with van der Waals surface area (Å²) in [5, 5.41) is 1.55. The molecule has 5 heteroatoms. The molecule has 0 saturated heterocycles. The smallest absolute Gasteiger partial charge is 0.215 e. The standard InChI is InChI=1S/C19H17NO4/c1-22-15-7-5-4-6-13(15)19(21)18-14-11-17(24-3)16(23-2)10-12(14)8-9-20-18/h4-11H,1-3H3. The van der Waals surface area contributed by atoms with E-state index >= 15 is 0 Å². The summed E-state index contributed by atoms with van der Waals surface area (Å²) in [5.74, 6) is 1.46. The van der Waals surface area contributed by atoms with Gasteiger partial charge in [-0.1, -0.05) is 12.1 Å². The zero-order valence-corrected chi connectivity index (χ0v) is 13.7. The maximum Gasteiger partial charge on any atom is 0.215 e. The molecule has 0 saturated carbocycles. The average molecular weight is 323 g/mol. The summed E-state index contributed by atoms with van der Waals surface area (Å²) in [5.41, 5.74) is 0.813. The number of carbonyl (C=O) groups excluding carboxylic acids is 1. The SMILES string of the molecule is COc1cc2ccnc(C(=O)c3ccccc3OC)c2cc1OC. The third-order valence-corrected chi connectivity index (χ3v) is 3.84. The van der Waals surface area contributed by atoms with Gasteiger partial charge in [0.2, 0.25) is 5.78 Å². The molecule has 0 amide bonds. The first kappa shape index (κ1) is 15.8. The molecule has 2 aromatic carbocycles. The van der Waals surface area contributed by atoms with E-state index in [0.717, 1.165) is 5.39 Å². The average Bonchev–Trinajstić information content (AvgIpc) is 2.65. The fourth-order valence-electron chi connectivity index (χ4n) is 2.64. The Bertz CT molecular complexity index is 905. The van der Waals surface area contributed by atoms with E-state index in [2.05, 4.69) is 4.98 Å². The van der Waals surface area contributed by atoms with Crippen LogP contribution in [0.3, 0.4) is 0 Å². The molecule has 0 aliphatic heterocycles. The summed E-state index contributed by atoms with van der Waals surface area (Å²) in [6.07, 6.45) is 1.61. The van der Waals surface area contributed by atoms with E-state index in [1.807, 2.05) is 18.2 Å². The Morgan fingerprint density at radius 2 is 1.54 bits per heavy atom. The van der Waals surface area contributed by atoms with Crippen LogP contribution in [0.25, 0.3) is 10.8 Å². The number of para-hydroxylation sites is 1. The monoisotopic (exact) mass is 323 g/mol. The second kappa shape index (κ2) is 6.58.